The Morgan fingerprint density at radius 3 is 2.53 bits per heavy atom. The van der Waals surface area contributed by atoms with E-state index in [0.29, 0.717) is 34.4 Å². The molecule has 3 heterocycles. The standard InChI is InChI=1S/C20H28ClN7O2/c1-20(2,3)30-19(29)28-8-12-5-14(6-13(12)9-28)24-17-15(21)7-22-18(26-17)25-16-10-27(4)11-23-16/h7,10-14H,5-6,8-9H2,1-4H3,(H2,22,24,25,26). The number of nitrogens with zero attached hydrogens (tertiary/aromatic N) is 5. The second-order valence-electron chi connectivity index (χ2n) is 9.16. The predicted molar refractivity (Wildman–Crippen MR) is 115 cm³/mol. The molecule has 9 nitrogen and oxygen atoms in total. The van der Waals surface area contributed by atoms with Crippen LogP contribution in [0.2, 0.25) is 5.02 Å². The minimum absolute atomic E-state index is 0.217. The summed E-state index contributed by atoms with van der Waals surface area (Å²) >= 11 is 6.32. The van der Waals surface area contributed by atoms with Gasteiger partial charge < -0.3 is 24.8 Å². The lowest BCUT2D eigenvalue weighted by Gasteiger charge is -2.25. The van der Waals surface area contributed by atoms with Crippen LogP contribution in [0.4, 0.5) is 22.4 Å². The highest BCUT2D eigenvalue weighted by molar-refractivity contribution is 6.32. The van der Waals surface area contributed by atoms with Crippen LogP contribution in [-0.2, 0) is 11.8 Å². The van der Waals surface area contributed by atoms with Crippen molar-refractivity contribution in [3.05, 3.63) is 23.7 Å². The summed E-state index contributed by atoms with van der Waals surface area (Å²) < 4.78 is 7.35. The molecule has 2 N–H and O–H groups in total. The number of hydrogen-bond acceptors (Lipinski definition) is 7. The zero-order valence-corrected chi connectivity index (χ0v) is 18.5. The zero-order valence-electron chi connectivity index (χ0n) is 17.7. The summed E-state index contributed by atoms with van der Waals surface area (Å²) in [5, 5.41) is 7.03. The number of halogens is 1. The number of carbonyl (C=O) groups is 1. The maximum atomic E-state index is 12.3. The number of aryl methyl sites for hydroxylation is 1. The van der Waals surface area contributed by atoms with Gasteiger partial charge in [0.1, 0.15) is 10.6 Å². The Morgan fingerprint density at radius 2 is 1.93 bits per heavy atom. The average molecular weight is 434 g/mol. The van der Waals surface area contributed by atoms with E-state index in [4.69, 9.17) is 16.3 Å². The fourth-order valence-corrected chi connectivity index (χ4v) is 4.35. The number of likely N-dealkylation sites (tertiary alicyclic amines) is 1. The van der Waals surface area contributed by atoms with Crippen LogP contribution in [0.25, 0.3) is 0 Å². The molecule has 162 valence electrons. The van der Waals surface area contributed by atoms with Gasteiger partial charge in [0.25, 0.3) is 0 Å². The first-order valence-electron chi connectivity index (χ1n) is 10.2. The fraction of sp³-hybridized carbons (Fsp3) is 0.600. The van der Waals surface area contributed by atoms with E-state index in [0.717, 1.165) is 25.9 Å². The van der Waals surface area contributed by atoms with Gasteiger partial charge in [-0.25, -0.2) is 14.8 Å². The number of rotatable bonds is 4. The van der Waals surface area contributed by atoms with Gasteiger partial charge in [-0.1, -0.05) is 11.6 Å². The predicted octanol–water partition coefficient (Wildman–Crippen LogP) is 3.66. The van der Waals surface area contributed by atoms with Crippen LogP contribution in [0.3, 0.4) is 0 Å². The molecule has 30 heavy (non-hydrogen) atoms. The van der Waals surface area contributed by atoms with E-state index in [1.165, 1.54) is 0 Å². The summed E-state index contributed by atoms with van der Waals surface area (Å²) in [6.45, 7) is 7.15. The largest absolute Gasteiger partial charge is 0.444 e. The third-order valence-electron chi connectivity index (χ3n) is 5.43. The van der Waals surface area contributed by atoms with Crippen molar-refractivity contribution in [2.24, 2.45) is 18.9 Å². The number of amides is 1. The molecule has 2 aromatic rings. The monoisotopic (exact) mass is 433 g/mol. The van der Waals surface area contributed by atoms with Gasteiger partial charge in [0, 0.05) is 32.4 Å². The van der Waals surface area contributed by atoms with Gasteiger partial charge in [-0.05, 0) is 45.4 Å². The molecule has 10 heteroatoms. The molecule has 2 atom stereocenters. The number of aromatic nitrogens is 4. The molecule has 0 bridgehead atoms. The van der Waals surface area contributed by atoms with Gasteiger partial charge in [0.15, 0.2) is 11.6 Å². The van der Waals surface area contributed by atoms with Crippen LogP contribution in [0.15, 0.2) is 18.7 Å². The molecule has 1 amide bonds. The quantitative estimate of drug-likeness (QED) is 0.759. The summed E-state index contributed by atoms with van der Waals surface area (Å²) in [5.41, 5.74) is -0.469. The fourth-order valence-electron chi connectivity index (χ4n) is 4.21. The second kappa shape index (κ2) is 7.94. The van der Waals surface area contributed by atoms with Gasteiger partial charge in [0.2, 0.25) is 5.95 Å². The number of ether oxygens (including phenoxy) is 1. The molecule has 2 fully saturated rings. The van der Waals surface area contributed by atoms with Crippen LogP contribution in [0.5, 0.6) is 0 Å². The van der Waals surface area contributed by atoms with Gasteiger partial charge in [-0.3, -0.25) is 0 Å². The first kappa shape index (κ1) is 20.7. The van der Waals surface area contributed by atoms with Crippen LogP contribution >= 0.6 is 11.6 Å². The molecule has 1 saturated heterocycles. The molecule has 2 aromatic heterocycles. The Hall–Kier alpha value is -2.55. The van der Waals surface area contributed by atoms with E-state index >= 15 is 0 Å². The normalized spacial score (nSPS) is 23.4. The van der Waals surface area contributed by atoms with E-state index in [1.807, 2.05) is 43.5 Å². The van der Waals surface area contributed by atoms with Crippen molar-refractivity contribution in [2.75, 3.05) is 23.7 Å². The molecule has 1 saturated carbocycles. The summed E-state index contributed by atoms with van der Waals surface area (Å²) in [6.07, 6.45) is 6.85. The van der Waals surface area contributed by atoms with Crippen LogP contribution in [0, 0.1) is 11.8 Å². The molecule has 2 aliphatic rings. The van der Waals surface area contributed by atoms with Gasteiger partial charge in [-0.2, -0.15) is 4.98 Å². The number of fused-ring (bicyclic) bond motifs is 1. The highest BCUT2D eigenvalue weighted by Crippen LogP contribution is 2.40. The highest BCUT2D eigenvalue weighted by atomic mass is 35.5. The third kappa shape index (κ3) is 4.77. The Labute approximate surface area is 181 Å². The second-order valence-corrected chi connectivity index (χ2v) is 9.56. The first-order chi connectivity index (χ1) is 14.2. The van der Waals surface area contributed by atoms with Crippen molar-refractivity contribution >= 4 is 35.3 Å². The van der Waals surface area contributed by atoms with Crippen molar-refractivity contribution in [3.8, 4) is 0 Å². The molecule has 4 rings (SSSR count). The van der Waals surface area contributed by atoms with E-state index in [-0.39, 0.29) is 12.1 Å². The number of carbonyl (C=O) groups excluding carboxylic acids is 1. The Morgan fingerprint density at radius 1 is 1.23 bits per heavy atom. The van der Waals surface area contributed by atoms with E-state index in [1.54, 1.807) is 12.5 Å². The van der Waals surface area contributed by atoms with Gasteiger partial charge >= 0.3 is 6.09 Å². The maximum absolute atomic E-state index is 12.3. The summed E-state index contributed by atoms with van der Waals surface area (Å²) in [6, 6.07) is 0.260. The lowest BCUT2D eigenvalue weighted by Crippen LogP contribution is -2.36. The van der Waals surface area contributed by atoms with Crippen LogP contribution in [0.1, 0.15) is 33.6 Å². The van der Waals surface area contributed by atoms with E-state index < -0.39 is 5.60 Å². The highest BCUT2D eigenvalue weighted by Gasteiger charge is 2.43. The maximum Gasteiger partial charge on any atom is 0.410 e. The van der Waals surface area contributed by atoms with E-state index in [9.17, 15) is 4.79 Å². The molecule has 1 aliphatic carbocycles. The Balaban J connectivity index is 1.34. The van der Waals surface area contributed by atoms with Crippen molar-refractivity contribution in [2.45, 2.75) is 45.3 Å². The minimum Gasteiger partial charge on any atom is -0.444 e. The number of nitrogens with one attached hydrogen (secondary N) is 2. The first-order valence-corrected chi connectivity index (χ1v) is 10.6. The van der Waals surface area contributed by atoms with Gasteiger partial charge in [0.05, 0.1) is 12.5 Å². The SMILES string of the molecule is Cn1cnc(Nc2ncc(Cl)c(NC3CC4CN(C(=O)OC(C)(C)C)CC4C3)n2)c1. The molecule has 0 radical (unpaired) electrons. The van der Waals surface area contributed by atoms with Crippen molar-refractivity contribution < 1.29 is 9.53 Å². The Bertz CT molecular complexity index is 912. The molecular weight excluding hydrogens is 406 g/mol. The number of hydrogen-bond donors (Lipinski definition) is 2. The zero-order chi connectivity index (χ0) is 21.5. The van der Waals surface area contributed by atoms with Crippen molar-refractivity contribution in [1.29, 1.82) is 0 Å². The Kier molecular flexibility index (Phi) is 5.48. The van der Waals surface area contributed by atoms with Crippen LogP contribution < -0.4 is 10.6 Å². The molecule has 0 spiro atoms. The summed E-state index contributed by atoms with van der Waals surface area (Å²) in [7, 11) is 1.90. The third-order valence-corrected chi connectivity index (χ3v) is 5.71. The molecular formula is C20H28ClN7O2. The topological polar surface area (TPSA) is 97.2 Å². The number of anilines is 3. The summed E-state index contributed by atoms with van der Waals surface area (Å²) in [5.74, 6) is 2.64. The van der Waals surface area contributed by atoms with Gasteiger partial charge in [-0.15, -0.1) is 0 Å². The summed E-state index contributed by atoms with van der Waals surface area (Å²) in [4.78, 5) is 27.2. The smallest absolute Gasteiger partial charge is 0.410 e. The van der Waals surface area contributed by atoms with Crippen LogP contribution in [-0.4, -0.2) is 55.2 Å². The van der Waals surface area contributed by atoms with E-state index in [2.05, 4.69) is 25.6 Å². The number of imidazole rings is 1. The average Bonchev–Trinajstić information content (AvgIpc) is 3.31. The minimum atomic E-state index is -0.469. The van der Waals surface area contributed by atoms with Crippen molar-refractivity contribution in [1.82, 2.24) is 24.4 Å². The van der Waals surface area contributed by atoms with Crippen molar-refractivity contribution in [3.63, 3.8) is 0 Å². The molecule has 2 unspecified atom stereocenters. The lowest BCUT2D eigenvalue weighted by atomic mass is 10.0. The molecule has 1 aliphatic heterocycles. The molecule has 0 aromatic carbocycles. The lowest BCUT2D eigenvalue weighted by molar-refractivity contribution is 0.0280.